The van der Waals surface area contributed by atoms with Crippen LogP contribution in [0.25, 0.3) is 10.9 Å². The summed E-state index contributed by atoms with van der Waals surface area (Å²) >= 11 is 3.61. The summed E-state index contributed by atoms with van der Waals surface area (Å²) in [4.78, 5) is 6.07. The van der Waals surface area contributed by atoms with Crippen molar-refractivity contribution in [2.24, 2.45) is 5.41 Å². The predicted molar refractivity (Wildman–Crippen MR) is 92.6 cm³/mol. The van der Waals surface area contributed by atoms with Crippen molar-refractivity contribution in [2.45, 2.75) is 26.8 Å². The zero-order valence-corrected chi connectivity index (χ0v) is 14.6. The molecule has 0 spiro atoms. The van der Waals surface area contributed by atoms with Crippen molar-refractivity contribution in [3.05, 3.63) is 34.4 Å². The van der Waals surface area contributed by atoms with Crippen LogP contribution in [-0.2, 0) is 0 Å². The molecule has 0 saturated carbocycles. The Morgan fingerprint density at radius 1 is 1.19 bits per heavy atom. The van der Waals surface area contributed by atoms with Crippen molar-refractivity contribution in [3.8, 4) is 0 Å². The van der Waals surface area contributed by atoms with E-state index < -0.39 is 0 Å². The van der Waals surface area contributed by atoms with Gasteiger partial charge in [-0.1, -0.05) is 36.7 Å². The first-order chi connectivity index (χ1) is 9.97. The number of piperazine rings is 1. The Morgan fingerprint density at radius 2 is 1.90 bits per heavy atom. The van der Waals surface area contributed by atoms with Gasteiger partial charge in [0.25, 0.3) is 0 Å². The summed E-state index contributed by atoms with van der Waals surface area (Å²) < 4.78 is 1.14. The molecule has 0 bridgehead atoms. The molecule has 1 fully saturated rings. The Bertz CT molecular complexity index is 620. The molecule has 3 rings (SSSR count). The first kappa shape index (κ1) is 15.1. The number of halogens is 1. The molecule has 0 aliphatic carbocycles. The molecule has 2 heterocycles. The molecule has 0 amide bonds. The molecule has 0 radical (unpaired) electrons. The number of aromatic amines is 1. The van der Waals surface area contributed by atoms with Crippen LogP contribution in [0.2, 0.25) is 0 Å². The van der Waals surface area contributed by atoms with Crippen LogP contribution in [0.5, 0.6) is 0 Å². The van der Waals surface area contributed by atoms with E-state index in [1.54, 1.807) is 0 Å². The van der Waals surface area contributed by atoms with E-state index in [0.29, 0.717) is 6.04 Å². The minimum absolute atomic E-state index is 0.203. The fourth-order valence-corrected chi connectivity index (χ4v) is 3.85. The van der Waals surface area contributed by atoms with Crippen molar-refractivity contribution >= 4 is 26.8 Å². The van der Waals surface area contributed by atoms with Gasteiger partial charge in [-0.2, -0.15) is 0 Å². The summed E-state index contributed by atoms with van der Waals surface area (Å²) in [6.07, 6.45) is 2.20. The Kier molecular flexibility index (Phi) is 4.12. The van der Waals surface area contributed by atoms with Crippen LogP contribution in [0.3, 0.4) is 0 Å². The number of benzene rings is 1. The lowest BCUT2D eigenvalue weighted by Crippen LogP contribution is -2.48. The monoisotopic (exact) mass is 349 g/mol. The van der Waals surface area contributed by atoms with E-state index in [-0.39, 0.29) is 5.41 Å². The van der Waals surface area contributed by atoms with Crippen LogP contribution in [0, 0.1) is 5.41 Å². The molecule has 2 aromatic rings. The van der Waals surface area contributed by atoms with Crippen molar-refractivity contribution in [1.82, 2.24) is 15.2 Å². The van der Waals surface area contributed by atoms with Gasteiger partial charge in [-0.25, -0.2) is 0 Å². The van der Waals surface area contributed by atoms with E-state index in [1.165, 1.54) is 16.5 Å². The number of H-pyrrole nitrogens is 1. The molecule has 1 atom stereocenters. The van der Waals surface area contributed by atoms with E-state index in [4.69, 9.17) is 0 Å². The molecule has 2 N–H and O–H groups in total. The van der Waals surface area contributed by atoms with Gasteiger partial charge in [-0.15, -0.1) is 0 Å². The van der Waals surface area contributed by atoms with Crippen molar-refractivity contribution < 1.29 is 0 Å². The number of rotatable bonds is 2. The van der Waals surface area contributed by atoms with Crippen LogP contribution >= 0.6 is 15.9 Å². The van der Waals surface area contributed by atoms with E-state index in [1.807, 2.05) is 0 Å². The van der Waals surface area contributed by atoms with Crippen LogP contribution in [-0.4, -0.2) is 36.1 Å². The summed E-state index contributed by atoms with van der Waals surface area (Å²) in [6.45, 7) is 11.4. The molecule has 1 saturated heterocycles. The highest BCUT2D eigenvalue weighted by Gasteiger charge is 2.34. The van der Waals surface area contributed by atoms with Crippen LogP contribution < -0.4 is 5.32 Å². The largest absolute Gasteiger partial charge is 0.361 e. The van der Waals surface area contributed by atoms with Gasteiger partial charge in [0.1, 0.15) is 0 Å². The predicted octanol–water partition coefficient (Wildman–Crippen LogP) is 3.92. The molecule has 21 heavy (non-hydrogen) atoms. The third kappa shape index (κ3) is 3.03. The second-order valence-electron chi connectivity index (χ2n) is 6.99. The highest BCUT2D eigenvalue weighted by molar-refractivity contribution is 9.10. The van der Waals surface area contributed by atoms with Gasteiger partial charge >= 0.3 is 0 Å². The quantitative estimate of drug-likeness (QED) is 0.860. The minimum Gasteiger partial charge on any atom is -0.361 e. The summed E-state index contributed by atoms with van der Waals surface area (Å²) in [5.41, 5.74) is 2.84. The highest BCUT2D eigenvalue weighted by Crippen LogP contribution is 2.41. The molecule has 1 aromatic carbocycles. The molecular weight excluding hydrogens is 326 g/mol. The lowest BCUT2D eigenvalue weighted by atomic mass is 9.81. The zero-order valence-electron chi connectivity index (χ0n) is 13.0. The maximum absolute atomic E-state index is 3.61. The number of nitrogens with one attached hydrogen (secondary N) is 2. The number of hydrogen-bond acceptors (Lipinski definition) is 2. The van der Waals surface area contributed by atoms with Gasteiger partial charge in [-0.05, 0) is 29.2 Å². The Morgan fingerprint density at radius 3 is 2.57 bits per heavy atom. The van der Waals surface area contributed by atoms with Crippen LogP contribution in [0.15, 0.2) is 28.9 Å². The topological polar surface area (TPSA) is 31.1 Å². The molecule has 1 aliphatic heterocycles. The smallest absolute Gasteiger partial charge is 0.0458 e. The van der Waals surface area contributed by atoms with Gasteiger partial charge in [-0.3, -0.25) is 4.90 Å². The summed E-state index contributed by atoms with van der Waals surface area (Å²) in [6, 6.07) is 6.92. The fraction of sp³-hybridized carbons (Fsp3) is 0.529. The van der Waals surface area contributed by atoms with Crippen molar-refractivity contribution in [3.63, 3.8) is 0 Å². The number of nitrogens with zero attached hydrogens (tertiary/aromatic N) is 1. The van der Waals surface area contributed by atoms with E-state index in [0.717, 1.165) is 30.7 Å². The van der Waals surface area contributed by atoms with Gasteiger partial charge in [0.15, 0.2) is 0 Å². The maximum Gasteiger partial charge on any atom is 0.0458 e. The molecule has 4 heteroatoms. The van der Waals surface area contributed by atoms with E-state index in [2.05, 4.69) is 76.3 Å². The molecule has 0 unspecified atom stereocenters. The fourth-order valence-electron chi connectivity index (χ4n) is 3.49. The average Bonchev–Trinajstić information content (AvgIpc) is 2.82. The maximum atomic E-state index is 3.61. The van der Waals surface area contributed by atoms with Crippen LogP contribution in [0.4, 0.5) is 0 Å². The van der Waals surface area contributed by atoms with Crippen molar-refractivity contribution in [2.75, 3.05) is 26.2 Å². The van der Waals surface area contributed by atoms with Crippen molar-refractivity contribution in [1.29, 1.82) is 0 Å². The summed E-state index contributed by atoms with van der Waals surface area (Å²) in [5, 5.41) is 4.79. The summed E-state index contributed by atoms with van der Waals surface area (Å²) in [5.74, 6) is 0. The molecule has 1 aliphatic rings. The molecule has 114 valence electrons. The zero-order chi connectivity index (χ0) is 15.0. The van der Waals surface area contributed by atoms with E-state index in [9.17, 15) is 0 Å². The van der Waals surface area contributed by atoms with Gasteiger partial charge in [0, 0.05) is 53.8 Å². The first-order valence-electron chi connectivity index (χ1n) is 7.68. The average molecular weight is 350 g/mol. The molecular formula is C17H24BrN3. The number of aromatic nitrogens is 1. The Labute approximate surface area is 135 Å². The van der Waals surface area contributed by atoms with Gasteiger partial charge < -0.3 is 10.3 Å². The third-order valence-corrected chi connectivity index (χ3v) is 4.80. The van der Waals surface area contributed by atoms with Gasteiger partial charge in [0.05, 0.1) is 0 Å². The number of hydrogen-bond donors (Lipinski definition) is 2. The molecule has 1 aromatic heterocycles. The SMILES string of the molecule is CC(C)(C)[C@@H](c1c[nH]c2ccc(Br)cc12)N1CCNCC1. The van der Waals surface area contributed by atoms with E-state index >= 15 is 0 Å². The second kappa shape index (κ2) is 5.75. The minimum atomic E-state index is 0.203. The normalized spacial score (nSPS) is 19.0. The molecule has 3 nitrogen and oxygen atoms in total. The third-order valence-electron chi connectivity index (χ3n) is 4.31. The standard InChI is InChI=1S/C17H24BrN3/c1-17(2,3)16(21-8-6-19-7-9-21)14-11-20-15-5-4-12(18)10-13(14)15/h4-5,10-11,16,19-20H,6-9H2,1-3H3/t16-/m1/s1. The summed E-state index contributed by atoms with van der Waals surface area (Å²) in [7, 11) is 0. The lowest BCUT2D eigenvalue weighted by molar-refractivity contribution is 0.0872. The Hall–Kier alpha value is -0.840. The second-order valence-corrected chi connectivity index (χ2v) is 7.90. The first-order valence-corrected chi connectivity index (χ1v) is 8.47. The lowest BCUT2D eigenvalue weighted by Gasteiger charge is -2.42. The van der Waals surface area contributed by atoms with Crippen LogP contribution in [0.1, 0.15) is 32.4 Å². The number of fused-ring (bicyclic) bond motifs is 1. The van der Waals surface area contributed by atoms with Gasteiger partial charge in [0.2, 0.25) is 0 Å². The highest BCUT2D eigenvalue weighted by atomic mass is 79.9. The Balaban J connectivity index is 2.07.